The molecule has 1 aliphatic rings. The van der Waals surface area contributed by atoms with E-state index < -0.39 is 67.4 Å². The Kier molecular flexibility index (Phi) is 44.4. The number of carbonyl (C=O) groups excluding carboxylic acids is 2. The fourth-order valence-corrected chi connectivity index (χ4v) is 8.45. The molecule has 0 radical (unpaired) electrons. The molecule has 8 atom stereocenters. The highest BCUT2D eigenvalue weighted by atomic mass is 16.7. The van der Waals surface area contributed by atoms with E-state index in [1.807, 2.05) is 66.8 Å². The first-order chi connectivity index (χ1) is 34.7. The number of hydrogen-bond acceptors (Lipinski definition) is 10. The third-order valence-electron chi connectivity index (χ3n) is 13.0. The number of rotatable bonds is 46. The highest BCUT2D eigenvalue weighted by Gasteiger charge is 2.47. The summed E-state index contributed by atoms with van der Waals surface area (Å²) in [5.74, 6) is -1.24. The molecular formula is C60H103NO10. The van der Waals surface area contributed by atoms with Crippen molar-refractivity contribution in [1.29, 1.82) is 0 Å². The lowest BCUT2D eigenvalue weighted by molar-refractivity contribution is -0.305. The molecule has 8 unspecified atom stereocenters. The van der Waals surface area contributed by atoms with Gasteiger partial charge in [-0.15, -0.1) is 0 Å². The van der Waals surface area contributed by atoms with Crippen LogP contribution in [0, 0.1) is 0 Å². The van der Waals surface area contributed by atoms with E-state index in [1.165, 1.54) is 109 Å². The summed E-state index contributed by atoms with van der Waals surface area (Å²) < 4.78 is 17.5. The van der Waals surface area contributed by atoms with Gasteiger partial charge in [-0.3, -0.25) is 9.59 Å². The van der Waals surface area contributed by atoms with Crippen LogP contribution in [0.4, 0.5) is 0 Å². The minimum Gasteiger partial charge on any atom is -0.454 e. The van der Waals surface area contributed by atoms with Gasteiger partial charge in [-0.25, -0.2) is 0 Å². The van der Waals surface area contributed by atoms with Gasteiger partial charge in [0.2, 0.25) is 5.91 Å². The fourth-order valence-electron chi connectivity index (χ4n) is 8.45. The number of unbranched alkanes of at least 4 members (excludes halogenated alkanes) is 25. The minimum absolute atomic E-state index is 0.0693. The van der Waals surface area contributed by atoms with Crippen LogP contribution in [-0.4, -0.2) is 99.6 Å². The number of esters is 1. The van der Waals surface area contributed by atoms with Gasteiger partial charge in [0, 0.05) is 6.42 Å². The van der Waals surface area contributed by atoms with Gasteiger partial charge < -0.3 is 45.1 Å². The molecule has 0 spiro atoms. The van der Waals surface area contributed by atoms with Gasteiger partial charge in [-0.05, 0) is 44.9 Å². The van der Waals surface area contributed by atoms with Crippen LogP contribution in [0.1, 0.15) is 220 Å². The van der Waals surface area contributed by atoms with E-state index in [1.54, 1.807) is 6.08 Å². The van der Waals surface area contributed by atoms with Crippen molar-refractivity contribution < 1.29 is 49.3 Å². The number of amides is 1. The number of ether oxygens (including phenoxy) is 3. The van der Waals surface area contributed by atoms with Gasteiger partial charge in [0.25, 0.3) is 0 Å². The first kappa shape index (κ1) is 65.9. The van der Waals surface area contributed by atoms with Gasteiger partial charge in [-0.2, -0.15) is 0 Å². The third-order valence-corrected chi connectivity index (χ3v) is 13.0. The molecule has 1 fully saturated rings. The first-order valence-electron chi connectivity index (χ1n) is 28.4. The predicted octanol–water partition coefficient (Wildman–Crippen LogP) is 12.6. The second-order valence-electron chi connectivity index (χ2n) is 19.4. The highest BCUT2D eigenvalue weighted by Crippen LogP contribution is 2.26. The minimum atomic E-state index is -1.63. The lowest BCUT2D eigenvalue weighted by atomic mass is 9.99. The van der Waals surface area contributed by atoms with Crippen LogP contribution in [0.2, 0.25) is 0 Å². The van der Waals surface area contributed by atoms with Gasteiger partial charge in [0.05, 0.1) is 25.4 Å². The Bertz CT molecular complexity index is 1470. The zero-order valence-corrected chi connectivity index (χ0v) is 44.8. The summed E-state index contributed by atoms with van der Waals surface area (Å²) in [4.78, 5) is 26.4. The summed E-state index contributed by atoms with van der Waals surface area (Å²) in [5, 5.41) is 56.8. The maximum atomic E-state index is 13.4. The van der Waals surface area contributed by atoms with Crippen LogP contribution in [0.25, 0.3) is 0 Å². The van der Waals surface area contributed by atoms with Crippen molar-refractivity contribution in [3.05, 3.63) is 85.1 Å². The van der Waals surface area contributed by atoms with Crippen molar-refractivity contribution in [1.82, 2.24) is 5.32 Å². The molecule has 1 amide bonds. The zero-order chi connectivity index (χ0) is 51.8. The molecule has 408 valence electrons. The second-order valence-corrected chi connectivity index (χ2v) is 19.4. The summed E-state index contributed by atoms with van der Waals surface area (Å²) in [5.41, 5.74) is 0. The summed E-state index contributed by atoms with van der Waals surface area (Å²) in [6.45, 7) is 5.60. The van der Waals surface area contributed by atoms with Crippen LogP contribution >= 0.6 is 0 Å². The average molecular weight is 998 g/mol. The van der Waals surface area contributed by atoms with E-state index in [0.717, 1.165) is 64.2 Å². The molecule has 1 heterocycles. The van der Waals surface area contributed by atoms with Crippen molar-refractivity contribution in [2.75, 3.05) is 13.2 Å². The summed E-state index contributed by atoms with van der Waals surface area (Å²) in [7, 11) is 0. The third kappa shape index (κ3) is 36.4. The monoisotopic (exact) mass is 998 g/mol. The standard InChI is InChI=1S/C60H103NO10/c1-4-7-10-13-16-19-22-25-26-27-28-30-33-36-39-42-45-48-55(65)71-58-57(67)56(66)54(49-62)70-60(58)69-50-51(52(63)46-43-40-37-34-31-24-21-18-15-12-9-6-3)61-59(68)53(64)47-44-41-38-35-32-29-23-20-17-14-11-8-5-2/h7,10,13,16,19,22,25-28,30,33,43,46,51-54,56-58,60,62-64,66-67H,4-6,8-9,11-12,14-15,17-18,20-21,23-24,29,31-32,34-42,44-45,47-50H2,1-3H3,(H,61,68)/b10-7-,16-13+,22-19+,26-25-,28-27+,33-30+,46-43+. The van der Waals surface area contributed by atoms with Crippen LogP contribution in [0.15, 0.2) is 85.1 Å². The number of hydrogen-bond donors (Lipinski definition) is 6. The maximum Gasteiger partial charge on any atom is 0.306 e. The molecule has 0 aromatic rings. The van der Waals surface area contributed by atoms with E-state index in [2.05, 4.69) is 38.2 Å². The number of aliphatic hydroxyl groups excluding tert-OH is 5. The number of nitrogens with one attached hydrogen (secondary N) is 1. The lowest BCUT2D eigenvalue weighted by Crippen LogP contribution is -2.61. The molecule has 0 aromatic carbocycles. The fraction of sp³-hybridized carbons (Fsp3) is 0.733. The van der Waals surface area contributed by atoms with Gasteiger partial charge in [0.1, 0.15) is 24.4 Å². The molecule has 6 N–H and O–H groups in total. The van der Waals surface area contributed by atoms with Crippen LogP contribution in [-0.2, 0) is 23.8 Å². The summed E-state index contributed by atoms with van der Waals surface area (Å²) in [6.07, 6.45) is 50.5. The van der Waals surface area contributed by atoms with Gasteiger partial charge >= 0.3 is 5.97 Å². The van der Waals surface area contributed by atoms with Crippen molar-refractivity contribution in [2.45, 2.75) is 269 Å². The molecule has 1 saturated heterocycles. The Hall–Kier alpha value is -3.16. The van der Waals surface area contributed by atoms with Crippen molar-refractivity contribution in [3.8, 4) is 0 Å². The molecule has 0 bridgehead atoms. The van der Waals surface area contributed by atoms with E-state index >= 15 is 0 Å². The molecule has 1 rings (SSSR count). The molecule has 1 aliphatic heterocycles. The van der Waals surface area contributed by atoms with Crippen molar-refractivity contribution in [3.63, 3.8) is 0 Å². The van der Waals surface area contributed by atoms with Crippen molar-refractivity contribution >= 4 is 11.9 Å². The number of aliphatic hydroxyl groups is 5. The maximum absolute atomic E-state index is 13.4. The Morgan fingerprint density at radius 2 is 1.01 bits per heavy atom. The van der Waals surface area contributed by atoms with Crippen LogP contribution < -0.4 is 5.32 Å². The Morgan fingerprint density at radius 1 is 0.563 bits per heavy atom. The smallest absolute Gasteiger partial charge is 0.306 e. The Labute approximate surface area is 432 Å². The summed E-state index contributed by atoms with van der Waals surface area (Å²) in [6, 6.07) is -1.03. The molecule has 0 aromatic heterocycles. The molecular weight excluding hydrogens is 895 g/mol. The van der Waals surface area contributed by atoms with E-state index in [-0.39, 0.29) is 19.4 Å². The van der Waals surface area contributed by atoms with Gasteiger partial charge in [-0.1, -0.05) is 254 Å². The topological polar surface area (TPSA) is 175 Å². The second kappa shape index (κ2) is 47.8. The van der Waals surface area contributed by atoms with Crippen molar-refractivity contribution in [2.24, 2.45) is 0 Å². The van der Waals surface area contributed by atoms with E-state index in [4.69, 9.17) is 14.2 Å². The van der Waals surface area contributed by atoms with Gasteiger partial charge in [0.15, 0.2) is 12.4 Å². The molecule has 11 heteroatoms. The highest BCUT2D eigenvalue weighted by molar-refractivity contribution is 5.80. The molecule has 71 heavy (non-hydrogen) atoms. The molecule has 11 nitrogen and oxygen atoms in total. The normalized spacial score (nSPS) is 20.3. The first-order valence-corrected chi connectivity index (χ1v) is 28.4. The van der Waals surface area contributed by atoms with Crippen LogP contribution in [0.5, 0.6) is 0 Å². The number of carbonyl (C=O) groups is 2. The number of allylic oxidation sites excluding steroid dienone is 13. The zero-order valence-electron chi connectivity index (χ0n) is 44.8. The SMILES string of the molecule is CC\C=C/C=C/C=C/C=C\C=C\C=C\CCCCCC(=O)OC1C(OCC(NC(=O)C(O)CCCCCCCCCCCCCCC)C(O)/C=C/CCCCCCCCCCCC)OC(CO)C(O)C1O. The molecule has 0 aliphatic carbocycles. The van der Waals surface area contributed by atoms with E-state index in [9.17, 15) is 35.1 Å². The lowest BCUT2D eigenvalue weighted by Gasteiger charge is -2.41. The quantitative estimate of drug-likeness (QED) is 0.0149. The van der Waals surface area contributed by atoms with E-state index in [0.29, 0.717) is 12.8 Å². The predicted molar refractivity (Wildman–Crippen MR) is 292 cm³/mol. The largest absolute Gasteiger partial charge is 0.454 e. The Balaban J connectivity index is 2.78. The summed E-state index contributed by atoms with van der Waals surface area (Å²) >= 11 is 0. The Morgan fingerprint density at radius 3 is 1.52 bits per heavy atom. The molecule has 0 saturated carbocycles. The average Bonchev–Trinajstić information content (AvgIpc) is 3.37. The van der Waals surface area contributed by atoms with Crippen LogP contribution in [0.3, 0.4) is 0 Å².